The molecule has 80 valence electrons. The van der Waals surface area contributed by atoms with E-state index >= 15 is 0 Å². The molecule has 7 heteroatoms. The van der Waals surface area contributed by atoms with E-state index in [2.05, 4.69) is 9.72 Å². The zero-order chi connectivity index (χ0) is 10.6. The van der Waals surface area contributed by atoms with Gasteiger partial charge >= 0.3 is 6.18 Å². The van der Waals surface area contributed by atoms with E-state index in [4.69, 9.17) is 11.6 Å². The van der Waals surface area contributed by atoms with E-state index < -0.39 is 12.8 Å². The third kappa shape index (κ3) is 3.55. The second-order valence-corrected chi connectivity index (χ2v) is 2.81. The molecule has 0 aliphatic carbocycles. The number of hydrogen-bond acceptors (Lipinski definition) is 2. The topological polar surface area (TPSA) is 27.1 Å². The van der Waals surface area contributed by atoms with Crippen LogP contribution in [0, 0.1) is 0 Å². The fraction of sp³-hybridized carbons (Fsp3) is 0.571. The molecule has 0 atom stereocenters. The van der Waals surface area contributed by atoms with Crippen molar-refractivity contribution in [2.75, 3.05) is 6.61 Å². The summed E-state index contributed by atoms with van der Waals surface area (Å²) in [6.07, 6.45) is -1.34. The minimum atomic E-state index is -4.30. The number of rotatable bonds is 4. The maximum absolute atomic E-state index is 11.7. The molecule has 3 nitrogen and oxygen atoms in total. The molecule has 1 heterocycles. The Morgan fingerprint density at radius 2 is 2.21 bits per heavy atom. The van der Waals surface area contributed by atoms with Gasteiger partial charge in [-0.1, -0.05) is 0 Å². The van der Waals surface area contributed by atoms with E-state index in [1.807, 2.05) is 0 Å². The van der Waals surface area contributed by atoms with E-state index in [-0.39, 0.29) is 12.6 Å². The van der Waals surface area contributed by atoms with Crippen molar-refractivity contribution in [2.45, 2.75) is 18.8 Å². The molecule has 0 fully saturated rings. The van der Waals surface area contributed by atoms with Gasteiger partial charge in [0, 0.05) is 12.4 Å². The predicted molar refractivity (Wildman–Crippen MR) is 43.8 cm³/mol. The SMILES string of the molecule is FC(F)(F)COCn1ccnc1CCl. The first-order valence-corrected chi connectivity index (χ1v) is 4.27. The normalized spacial score (nSPS) is 12.0. The maximum Gasteiger partial charge on any atom is 0.411 e. The summed E-state index contributed by atoms with van der Waals surface area (Å²) in [6, 6.07) is 0. The van der Waals surface area contributed by atoms with Gasteiger partial charge < -0.3 is 9.30 Å². The Balaban J connectivity index is 2.38. The summed E-state index contributed by atoms with van der Waals surface area (Å²) >= 11 is 5.48. The van der Waals surface area contributed by atoms with Gasteiger partial charge in [0.2, 0.25) is 0 Å². The van der Waals surface area contributed by atoms with Gasteiger partial charge in [0.05, 0.1) is 5.88 Å². The van der Waals surface area contributed by atoms with Crippen LogP contribution >= 0.6 is 11.6 Å². The minimum Gasteiger partial charge on any atom is -0.351 e. The highest BCUT2D eigenvalue weighted by Crippen LogP contribution is 2.14. The third-order valence-electron chi connectivity index (χ3n) is 1.42. The summed E-state index contributed by atoms with van der Waals surface area (Å²) in [5.41, 5.74) is 0. The molecule has 0 N–H and O–H groups in total. The van der Waals surface area contributed by atoms with Crippen LogP contribution in [0.5, 0.6) is 0 Å². The van der Waals surface area contributed by atoms with Crippen molar-refractivity contribution in [2.24, 2.45) is 0 Å². The Morgan fingerprint density at radius 1 is 1.50 bits per heavy atom. The zero-order valence-electron chi connectivity index (χ0n) is 7.09. The van der Waals surface area contributed by atoms with Gasteiger partial charge in [-0.2, -0.15) is 13.2 Å². The molecule has 0 aromatic carbocycles. The highest BCUT2D eigenvalue weighted by molar-refractivity contribution is 6.16. The van der Waals surface area contributed by atoms with E-state index in [1.54, 1.807) is 0 Å². The highest BCUT2D eigenvalue weighted by Gasteiger charge is 2.27. The molecule has 0 unspecified atom stereocenters. The second-order valence-electron chi connectivity index (χ2n) is 2.54. The summed E-state index contributed by atoms with van der Waals surface area (Å²) in [5.74, 6) is 0.622. The lowest BCUT2D eigenvalue weighted by Crippen LogP contribution is -2.18. The monoisotopic (exact) mass is 228 g/mol. The number of alkyl halides is 4. The van der Waals surface area contributed by atoms with Crippen molar-refractivity contribution in [1.29, 1.82) is 0 Å². The fourth-order valence-electron chi connectivity index (χ4n) is 0.849. The van der Waals surface area contributed by atoms with E-state index in [1.165, 1.54) is 17.0 Å². The first kappa shape index (κ1) is 11.3. The molecule has 1 aromatic heterocycles. The van der Waals surface area contributed by atoms with Crippen molar-refractivity contribution in [3.8, 4) is 0 Å². The predicted octanol–water partition coefficient (Wildman–Crippen LogP) is 2.16. The molecule has 0 aliphatic rings. The Hall–Kier alpha value is -0.750. The smallest absolute Gasteiger partial charge is 0.351 e. The van der Waals surface area contributed by atoms with Crippen LogP contribution in [0.1, 0.15) is 5.82 Å². The molecular weight excluding hydrogens is 221 g/mol. The first-order chi connectivity index (χ1) is 6.53. The Labute approximate surface area is 83.4 Å². The van der Waals surface area contributed by atoms with Crippen molar-refractivity contribution >= 4 is 11.6 Å². The molecule has 0 spiro atoms. The number of halogens is 4. The molecule has 0 radical (unpaired) electrons. The maximum atomic E-state index is 11.7. The Kier molecular flexibility index (Phi) is 3.77. The number of ether oxygens (including phenoxy) is 1. The lowest BCUT2D eigenvalue weighted by Gasteiger charge is -2.09. The third-order valence-corrected chi connectivity index (χ3v) is 1.66. The summed E-state index contributed by atoms with van der Waals surface area (Å²) in [7, 11) is 0. The summed E-state index contributed by atoms with van der Waals surface area (Å²) in [4.78, 5) is 3.82. The van der Waals surface area contributed by atoms with Crippen LogP contribution in [-0.4, -0.2) is 22.3 Å². The fourth-order valence-corrected chi connectivity index (χ4v) is 1.07. The Bertz CT molecular complexity index is 287. The average molecular weight is 229 g/mol. The second kappa shape index (κ2) is 4.65. The molecule has 0 aliphatic heterocycles. The van der Waals surface area contributed by atoms with Gasteiger partial charge in [0.15, 0.2) is 0 Å². The average Bonchev–Trinajstić information content (AvgIpc) is 2.49. The van der Waals surface area contributed by atoms with E-state index in [0.29, 0.717) is 5.82 Å². The molecule has 1 rings (SSSR count). The summed E-state index contributed by atoms with van der Waals surface area (Å²) in [5, 5.41) is 0. The lowest BCUT2D eigenvalue weighted by atomic mass is 10.7. The number of aromatic nitrogens is 2. The van der Waals surface area contributed by atoms with Crippen molar-refractivity contribution in [3.63, 3.8) is 0 Å². The van der Waals surface area contributed by atoms with Crippen LogP contribution in [0.4, 0.5) is 13.2 Å². The highest BCUT2D eigenvalue weighted by atomic mass is 35.5. The van der Waals surface area contributed by atoms with Gasteiger partial charge in [0.1, 0.15) is 19.2 Å². The summed E-state index contributed by atoms with van der Waals surface area (Å²) in [6.45, 7) is -1.46. The van der Waals surface area contributed by atoms with Crippen molar-refractivity contribution < 1.29 is 17.9 Å². The van der Waals surface area contributed by atoms with Crippen LogP contribution in [0.25, 0.3) is 0 Å². The number of nitrogens with zero attached hydrogens (tertiary/aromatic N) is 2. The molecular formula is C7H8ClF3N2O. The van der Waals surface area contributed by atoms with Crippen LogP contribution in [0.15, 0.2) is 12.4 Å². The Morgan fingerprint density at radius 3 is 2.79 bits per heavy atom. The van der Waals surface area contributed by atoms with Crippen LogP contribution in [0.2, 0.25) is 0 Å². The minimum absolute atomic E-state index is 0.141. The largest absolute Gasteiger partial charge is 0.411 e. The van der Waals surface area contributed by atoms with Gasteiger partial charge in [-0.05, 0) is 0 Å². The molecule has 1 aromatic rings. The molecule has 0 saturated carbocycles. The van der Waals surface area contributed by atoms with E-state index in [9.17, 15) is 13.2 Å². The van der Waals surface area contributed by atoms with Gasteiger partial charge in [-0.25, -0.2) is 4.98 Å². The van der Waals surface area contributed by atoms with Crippen molar-refractivity contribution in [1.82, 2.24) is 9.55 Å². The summed E-state index contributed by atoms with van der Waals surface area (Å²) < 4.78 is 40.9. The molecule has 0 saturated heterocycles. The van der Waals surface area contributed by atoms with Crippen LogP contribution in [-0.2, 0) is 17.3 Å². The van der Waals surface area contributed by atoms with Gasteiger partial charge in [0.25, 0.3) is 0 Å². The standard InChI is InChI=1S/C7H8ClF3N2O/c8-3-6-12-1-2-13(6)5-14-4-7(9,10)11/h1-2H,3-5H2. The lowest BCUT2D eigenvalue weighted by molar-refractivity contribution is -0.182. The first-order valence-electron chi connectivity index (χ1n) is 3.73. The zero-order valence-corrected chi connectivity index (χ0v) is 7.85. The number of hydrogen-bond donors (Lipinski definition) is 0. The van der Waals surface area contributed by atoms with Gasteiger partial charge in [-0.15, -0.1) is 11.6 Å². The van der Waals surface area contributed by atoms with Crippen LogP contribution in [0.3, 0.4) is 0 Å². The van der Waals surface area contributed by atoms with Crippen molar-refractivity contribution in [3.05, 3.63) is 18.2 Å². The molecule has 0 amide bonds. The molecule has 0 bridgehead atoms. The van der Waals surface area contributed by atoms with Crippen LogP contribution < -0.4 is 0 Å². The van der Waals surface area contributed by atoms with Gasteiger partial charge in [-0.3, -0.25) is 0 Å². The van der Waals surface area contributed by atoms with E-state index in [0.717, 1.165) is 0 Å². The quantitative estimate of drug-likeness (QED) is 0.739. The number of imidazole rings is 1. The molecule has 14 heavy (non-hydrogen) atoms.